The van der Waals surface area contributed by atoms with Crippen LogP contribution >= 0.6 is 15.9 Å². The quantitative estimate of drug-likeness (QED) is 0.525. The van der Waals surface area contributed by atoms with Crippen LogP contribution in [0.15, 0.2) is 41.1 Å². The average Bonchev–Trinajstić information content (AvgIpc) is 2.82. The van der Waals surface area contributed by atoms with Crippen molar-refractivity contribution in [1.29, 1.82) is 0 Å². The summed E-state index contributed by atoms with van der Waals surface area (Å²) < 4.78 is 2.28. The zero-order valence-corrected chi connectivity index (χ0v) is 11.5. The molecule has 0 aliphatic heterocycles. The van der Waals surface area contributed by atoms with E-state index in [-0.39, 0.29) is 11.3 Å². The van der Waals surface area contributed by atoms with Crippen LogP contribution in [-0.2, 0) is 4.79 Å². The molecule has 0 aliphatic rings. The molecule has 0 unspecified atom stereocenters. The van der Waals surface area contributed by atoms with E-state index in [4.69, 9.17) is 5.11 Å². The largest absolute Gasteiger partial charge is 0.478 e. The topological polar surface area (TPSA) is 98.3 Å². The molecular weight excluding hydrogens is 330 g/mol. The number of hydrogen-bond donors (Lipinski definition) is 1. The molecule has 0 atom stereocenters. The molecular formula is C12H8BrN3O4. The molecule has 0 fully saturated rings. The minimum atomic E-state index is -1.17. The van der Waals surface area contributed by atoms with Gasteiger partial charge >= 0.3 is 5.97 Å². The number of carbonyl (C=O) groups is 1. The summed E-state index contributed by atoms with van der Waals surface area (Å²) in [6.45, 7) is 0. The molecule has 0 bridgehead atoms. The number of rotatable bonds is 4. The third kappa shape index (κ3) is 3.09. The van der Waals surface area contributed by atoms with Crippen molar-refractivity contribution in [1.82, 2.24) is 9.78 Å². The molecule has 0 aliphatic carbocycles. The Morgan fingerprint density at radius 2 is 2.25 bits per heavy atom. The van der Waals surface area contributed by atoms with E-state index in [1.807, 2.05) is 0 Å². The van der Waals surface area contributed by atoms with Crippen LogP contribution < -0.4 is 0 Å². The highest BCUT2D eigenvalue weighted by Gasteiger charge is 2.13. The van der Waals surface area contributed by atoms with Crippen LogP contribution in [0.2, 0.25) is 0 Å². The van der Waals surface area contributed by atoms with Gasteiger partial charge in [-0.25, -0.2) is 9.48 Å². The Hall–Kier alpha value is -2.48. The Morgan fingerprint density at radius 1 is 1.50 bits per heavy atom. The summed E-state index contributed by atoms with van der Waals surface area (Å²) in [6.07, 6.45) is 5.30. The number of nitro groups is 1. The number of hydrogen-bond acceptors (Lipinski definition) is 4. The summed E-state index contributed by atoms with van der Waals surface area (Å²) in [5.41, 5.74) is 0.616. The van der Waals surface area contributed by atoms with Crippen LogP contribution in [0.1, 0.15) is 5.56 Å². The van der Waals surface area contributed by atoms with Gasteiger partial charge in [-0.3, -0.25) is 10.1 Å². The van der Waals surface area contributed by atoms with Gasteiger partial charge in [0.25, 0.3) is 5.69 Å². The first-order valence-electron chi connectivity index (χ1n) is 5.37. The van der Waals surface area contributed by atoms with Crippen LogP contribution in [0, 0.1) is 10.1 Å². The number of aromatic nitrogens is 2. The fourth-order valence-corrected chi connectivity index (χ4v) is 1.87. The van der Waals surface area contributed by atoms with E-state index in [2.05, 4.69) is 21.0 Å². The van der Waals surface area contributed by atoms with Gasteiger partial charge in [-0.15, -0.1) is 0 Å². The van der Waals surface area contributed by atoms with Gasteiger partial charge in [-0.2, -0.15) is 5.10 Å². The molecule has 0 spiro atoms. The molecule has 102 valence electrons. The molecule has 0 saturated carbocycles. The molecule has 0 amide bonds. The molecule has 8 heteroatoms. The molecule has 1 heterocycles. The van der Waals surface area contributed by atoms with Crippen molar-refractivity contribution in [3.8, 4) is 5.69 Å². The molecule has 1 aromatic heterocycles. The van der Waals surface area contributed by atoms with E-state index < -0.39 is 10.9 Å². The van der Waals surface area contributed by atoms with E-state index in [0.717, 1.165) is 10.5 Å². The van der Waals surface area contributed by atoms with Crippen molar-refractivity contribution in [2.45, 2.75) is 0 Å². The fourth-order valence-electron chi connectivity index (χ4n) is 1.59. The Kier molecular flexibility index (Phi) is 3.94. The van der Waals surface area contributed by atoms with Crippen molar-refractivity contribution in [2.75, 3.05) is 0 Å². The normalized spacial score (nSPS) is 10.8. The monoisotopic (exact) mass is 337 g/mol. The molecule has 20 heavy (non-hydrogen) atoms. The van der Waals surface area contributed by atoms with Gasteiger partial charge in [0.2, 0.25) is 0 Å². The Bertz CT molecular complexity index is 708. The zero-order valence-electron chi connectivity index (χ0n) is 9.93. The lowest BCUT2D eigenvalue weighted by Gasteiger charge is -2.03. The first kappa shape index (κ1) is 13.9. The first-order chi connectivity index (χ1) is 9.47. The van der Waals surface area contributed by atoms with Crippen LogP contribution in [-0.4, -0.2) is 25.8 Å². The molecule has 1 aromatic carbocycles. The SMILES string of the molecule is O=C(O)/C=C/c1cc(-n2cc(Br)cn2)ccc1[N+](=O)[O-]. The second kappa shape index (κ2) is 5.66. The standard InChI is InChI=1S/C12H8BrN3O4/c13-9-6-14-15(7-9)10-2-3-11(16(19)20)8(5-10)1-4-12(17)18/h1-7H,(H,17,18)/b4-1+. The fraction of sp³-hybridized carbons (Fsp3) is 0. The van der Waals surface area contributed by atoms with E-state index in [0.29, 0.717) is 5.69 Å². The van der Waals surface area contributed by atoms with Crippen LogP contribution in [0.5, 0.6) is 0 Å². The van der Waals surface area contributed by atoms with E-state index in [1.165, 1.54) is 29.0 Å². The molecule has 7 nitrogen and oxygen atoms in total. The van der Waals surface area contributed by atoms with Gasteiger partial charge in [0.1, 0.15) is 0 Å². The maximum atomic E-state index is 10.9. The van der Waals surface area contributed by atoms with Crippen LogP contribution in [0.25, 0.3) is 11.8 Å². The van der Waals surface area contributed by atoms with Crippen LogP contribution in [0.4, 0.5) is 5.69 Å². The van der Waals surface area contributed by atoms with Gasteiger partial charge in [0, 0.05) is 18.3 Å². The minimum Gasteiger partial charge on any atom is -0.478 e. The summed E-state index contributed by atoms with van der Waals surface area (Å²) in [4.78, 5) is 20.9. The van der Waals surface area contributed by atoms with E-state index in [1.54, 1.807) is 12.4 Å². The lowest BCUT2D eigenvalue weighted by molar-refractivity contribution is -0.385. The second-order valence-electron chi connectivity index (χ2n) is 3.77. The average molecular weight is 338 g/mol. The Morgan fingerprint density at radius 3 is 2.80 bits per heavy atom. The first-order valence-corrected chi connectivity index (χ1v) is 6.16. The van der Waals surface area contributed by atoms with Crippen LogP contribution in [0.3, 0.4) is 0 Å². The van der Waals surface area contributed by atoms with Crippen molar-refractivity contribution in [3.63, 3.8) is 0 Å². The molecule has 2 rings (SSSR count). The third-order valence-corrected chi connectivity index (χ3v) is 2.84. The van der Waals surface area contributed by atoms with Gasteiger partial charge in [0.05, 0.1) is 26.8 Å². The number of aliphatic carboxylic acids is 1. The lowest BCUT2D eigenvalue weighted by Crippen LogP contribution is -1.98. The zero-order chi connectivity index (χ0) is 14.7. The van der Waals surface area contributed by atoms with Gasteiger partial charge in [-0.1, -0.05) is 0 Å². The smallest absolute Gasteiger partial charge is 0.328 e. The number of halogens is 1. The predicted molar refractivity (Wildman–Crippen MR) is 74.6 cm³/mol. The Labute approximate surface area is 121 Å². The van der Waals surface area contributed by atoms with E-state index in [9.17, 15) is 14.9 Å². The lowest BCUT2D eigenvalue weighted by atomic mass is 10.1. The minimum absolute atomic E-state index is 0.169. The third-order valence-electron chi connectivity index (χ3n) is 2.43. The highest BCUT2D eigenvalue weighted by molar-refractivity contribution is 9.10. The molecule has 1 N–H and O–H groups in total. The number of benzene rings is 1. The summed E-state index contributed by atoms with van der Waals surface area (Å²) in [7, 11) is 0. The summed E-state index contributed by atoms with van der Waals surface area (Å²) in [6, 6.07) is 4.35. The molecule has 2 aromatic rings. The van der Waals surface area contributed by atoms with Gasteiger partial charge in [-0.05, 0) is 34.1 Å². The highest BCUT2D eigenvalue weighted by atomic mass is 79.9. The number of nitrogens with zero attached hydrogens (tertiary/aromatic N) is 3. The highest BCUT2D eigenvalue weighted by Crippen LogP contribution is 2.23. The molecule has 0 radical (unpaired) electrons. The van der Waals surface area contributed by atoms with Crippen molar-refractivity contribution < 1.29 is 14.8 Å². The van der Waals surface area contributed by atoms with Gasteiger partial charge in [0.15, 0.2) is 0 Å². The van der Waals surface area contributed by atoms with Crippen molar-refractivity contribution in [2.24, 2.45) is 0 Å². The number of carboxylic acid groups (broad SMARTS) is 1. The Balaban J connectivity index is 2.50. The number of nitro benzene ring substituents is 1. The van der Waals surface area contributed by atoms with Crippen molar-refractivity contribution >= 4 is 33.7 Å². The predicted octanol–water partition coefficient (Wildman–Crippen LogP) is 2.64. The molecule has 0 saturated heterocycles. The summed E-state index contributed by atoms with van der Waals surface area (Å²) in [5.74, 6) is -1.17. The summed E-state index contributed by atoms with van der Waals surface area (Å²) >= 11 is 3.25. The second-order valence-corrected chi connectivity index (χ2v) is 4.69. The van der Waals surface area contributed by atoms with Gasteiger partial charge < -0.3 is 5.11 Å². The summed E-state index contributed by atoms with van der Waals surface area (Å²) in [5, 5.41) is 23.6. The number of carboxylic acids is 1. The maximum absolute atomic E-state index is 10.9. The van der Waals surface area contributed by atoms with E-state index >= 15 is 0 Å². The maximum Gasteiger partial charge on any atom is 0.328 e. The van der Waals surface area contributed by atoms with Crippen molar-refractivity contribution in [3.05, 3.63) is 56.8 Å².